The third-order valence-electron chi connectivity index (χ3n) is 4.08. The van der Waals surface area contributed by atoms with Crippen LogP contribution in [-0.4, -0.2) is 61.3 Å². The molecule has 30 heavy (non-hydrogen) atoms. The van der Waals surface area contributed by atoms with Gasteiger partial charge in [-0.1, -0.05) is 17.8 Å². The molecule has 9 heteroatoms. The third kappa shape index (κ3) is 6.98. The number of hydrogen-bond donors (Lipinski definition) is 1. The van der Waals surface area contributed by atoms with Gasteiger partial charge in [-0.05, 0) is 44.9 Å². The summed E-state index contributed by atoms with van der Waals surface area (Å²) in [5.74, 6) is 0.538. The number of hydrogen-bond acceptors (Lipinski definition) is 7. The Kier molecular flexibility index (Phi) is 9.53. The van der Waals surface area contributed by atoms with E-state index in [1.165, 1.54) is 22.7 Å². The summed E-state index contributed by atoms with van der Waals surface area (Å²) in [4.78, 5) is 37.3. The number of amides is 2. The molecule has 0 saturated carbocycles. The predicted molar refractivity (Wildman–Crippen MR) is 114 cm³/mol. The van der Waals surface area contributed by atoms with Crippen LogP contribution in [0, 0.1) is 0 Å². The summed E-state index contributed by atoms with van der Waals surface area (Å²) >= 11 is 1.22. The molecule has 2 amide bonds. The Morgan fingerprint density at radius 2 is 1.87 bits per heavy atom. The van der Waals surface area contributed by atoms with Gasteiger partial charge >= 0.3 is 5.97 Å². The van der Waals surface area contributed by atoms with Gasteiger partial charge in [0.25, 0.3) is 0 Å². The Balaban J connectivity index is 1.89. The van der Waals surface area contributed by atoms with E-state index in [9.17, 15) is 14.4 Å². The fourth-order valence-corrected chi connectivity index (χ4v) is 3.71. The normalized spacial score (nSPS) is 14.7. The summed E-state index contributed by atoms with van der Waals surface area (Å²) in [5.41, 5.74) is 0.998. The number of ether oxygens (including phenoxy) is 3. The number of nitrogens with zero attached hydrogens (tertiary/aromatic N) is 1. The Morgan fingerprint density at radius 3 is 2.57 bits per heavy atom. The Hall–Kier alpha value is -2.68. The van der Waals surface area contributed by atoms with Crippen molar-refractivity contribution in [3.05, 3.63) is 34.9 Å². The quantitative estimate of drug-likeness (QED) is 0.419. The number of thioether (sulfide) groups is 1. The van der Waals surface area contributed by atoms with Gasteiger partial charge in [0.05, 0.1) is 36.7 Å². The van der Waals surface area contributed by atoms with Crippen LogP contribution in [0.3, 0.4) is 0 Å². The van der Waals surface area contributed by atoms with Gasteiger partial charge in [0.15, 0.2) is 11.5 Å². The van der Waals surface area contributed by atoms with Crippen LogP contribution in [0.25, 0.3) is 0 Å². The van der Waals surface area contributed by atoms with Gasteiger partial charge in [-0.2, -0.15) is 0 Å². The van der Waals surface area contributed by atoms with Crippen molar-refractivity contribution in [3.63, 3.8) is 0 Å². The highest BCUT2D eigenvalue weighted by Gasteiger charge is 2.29. The van der Waals surface area contributed by atoms with Crippen molar-refractivity contribution in [2.45, 2.75) is 27.2 Å². The maximum Gasteiger partial charge on any atom is 0.333 e. The van der Waals surface area contributed by atoms with Crippen molar-refractivity contribution in [1.29, 1.82) is 0 Å². The van der Waals surface area contributed by atoms with Crippen molar-refractivity contribution < 1.29 is 28.6 Å². The predicted octanol–water partition coefficient (Wildman–Crippen LogP) is 2.12. The number of nitrogens with one attached hydrogen (secondary N) is 1. The van der Waals surface area contributed by atoms with E-state index in [1.54, 1.807) is 6.92 Å². The second-order valence-corrected chi connectivity index (χ2v) is 7.25. The molecule has 0 aliphatic carbocycles. The summed E-state index contributed by atoms with van der Waals surface area (Å²) < 4.78 is 16.0. The van der Waals surface area contributed by atoms with Gasteiger partial charge in [0.1, 0.15) is 6.54 Å². The van der Waals surface area contributed by atoms with Crippen LogP contribution in [-0.2, 0) is 25.5 Å². The van der Waals surface area contributed by atoms with Crippen LogP contribution in [0.2, 0.25) is 0 Å². The van der Waals surface area contributed by atoms with Gasteiger partial charge in [-0.15, -0.1) is 0 Å². The first kappa shape index (κ1) is 23.6. The molecule has 0 aromatic heterocycles. The molecule has 1 fully saturated rings. The Bertz CT molecular complexity index is 796. The van der Waals surface area contributed by atoms with Gasteiger partial charge in [-0.3, -0.25) is 14.5 Å². The number of carbonyl (C=O) groups excluding carboxylic acids is 3. The molecule has 2 rings (SSSR count). The summed E-state index contributed by atoms with van der Waals surface area (Å²) in [7, 11) is 0. The smallest absolute Gasteiger partial charge is 0.333 e. The highest BCUT2D eigenvalue weighted by molar-refractivity contribution is 8.04. The van der Waals surface area contributed by atoms with Crippen LogP contribution in [0.15, 0.2) is 29.3 Å². The van der Waals surface area contributed by atoms with Crippen LogP contribution < -0.4 is 14.8 Å². The highest BCUT2D eigenvalue weighted by atomic mass is 32.2. The highest BCUT2D eigenvalue weighted by Crippen LogP contribution is 2.29. The molecule has 0 spiro atoms. The van der Waals surface area contributed by atoms with E-state index in [-0.39, 0.29) is 30.7 Å². The molecular weight excluding hydrogens is 408 g/mol. The summed E-state index contributed by atoms with van der Waals surface area (Å²) in [6.07, 6.45) is 1.86. The van der Waals surface area contributed by atoms with Crippen LogP contribution >= 0.6 is 11.8 Å². The molecule has 1 aromatic carbocycles. The lowest BCUT2D eigenvalue weighted by Crippen LogP contribution is -2.38. The zero-order valence-electron chi connectivity index (χ0n) is 17.6. The molecule has 1 N–H and O–H groups in total. The number of rotatable bonds is 11. The molecule has 1 saturated heterocycles. The largest absolute Gasteiger partial charge is 0.490 e. The standard InChI is InChI=1S/C21H28N2O6S/c1-4-27-16-8-7-15(11-17(16)28-5-2)9-10-22-18(24)13-23-19(25)14-30-20(23)12-21(26)29-6-3/h7-8,11-12H,4-6,9-10,13-14H2,1-3H3,(H,22,24)/b20-12+. The van der Waals surface area contributed by atoms with E-state index in [0.29, 0.717) is 42.7 Å². The lowest BCUT2D eigenvalue weighted by molar-refractivity contribution is -0.137. The molecular formula is C21H28N2O6S. The monoisotopic (exact) mass is 436 g/mol. The summed E-state index contributed by atoms with van der Waals surface area (Å²) in [6, 6.07) is 5.69. The van der Waals surface area contributed by atoms with E-state index >= 15 is 0 Å². The van der Waals surface area contributed by atoms with E-state index in [0.717, 1.165) is 5.56 Å². The minimum Gasteiger partial charge on any atom is -0.490 e. The maximum atomic E-state index is 12.3. The molecule has 1 aliphatic heterocycles. The molecule has 0 radical (unpaired) electrons. The lowest BCUT2D eigenvalue weighted by Gasteiger charge is -2.16. The first-order chi connectivity index (χ1) is 14.5. The van der Waals surface area contributed by atoms with Gasteiger partial charge < -0.3 is 19.5 Å². The Labute approximate surface area is 180 Å². The van der Waals surface area contributed by atoms with E-state index in [1.807, 2.05) is 32.0 Å². The molecule has 1 aliphatic rings. The third-order valence-corrected chi connectivity index (χ3v) is 5.11. The van der Waals surface area contributed by atoms with Gasteiger partial charge in [0, 0.05) is 6.54 Å². The van der Waals surface area contributed by atoms with Crippen molar-refractivity contribution in [2.24, 2.45) is 0 Å². The minimum absolute atomic E-state index is 0.134. The molecule has 0 bridgehead atoms. The zero-order valence-corrected chi connectivity index (χ0v) is 18.4. The van der Waals surface area contributed by atoms with Crippen molar-refractivity contribution >= 4 is 29.5 Å². The molecule has 164 valence electrons. The van der Waals surface area contributed by atoms with Crippen LogP contribution in [0.4, 0.5) is 0 Å². The number of benzene rings is 1. The molecule has 0 unspecified atom stereocenters. The summed E-state index contributed by atoms with van der Waals surface area (Å²) in [6.45, 7) is 7.13. The lowest BCUT2D eigenvalue weighted by atomic mass is 10.1. The first-order valence-electron chi connectivity index (χ1n) is 9.95. The van der Waals surface area contributed by atoms with Crippen molar-refractivity contribution in [3.8, 4) is 11.5 Å². The Morgan fingerprint density at radius 1 is 1.13 bits per heavy atom. The second kappa shape index (κ2) is 12.1. The molecule has 0 atom stereocenters. The number of carbonyl (C=O) groups is 3. The first-order valence-corrected chi connectivity index (χ1v) is 10.9. The average molecular weight is 437 g/mol. The zero-order chi connectivity index (χ0) is 21.9. The topological polar surface area (TPSA) is 94.2 Å². The fourth-order valence-electron chi connectivity index (χ4n) is 2.78. The number of esters is 1. The summed E-state index contributed by atoms with van der Waals surface area (Å²) in [5, 5.41) is 3.24. The van der Waals surface area contributed by atoms with Crippen LogP contribution in [0.1, 0.15) is 26.3 Å². The van der Waals surface area contributed by atoms with Gasteiger partial charge in [-0.25, -0.2) is 4.79 Å². The maximum absolute atomic E-state index is 12.3. The van der Waals surface area contributed by atoms with Gasteiger partial charge in [0.2, 0.25) is 11.8 Å². The average Bonchev–Trinajstić information content (AvgIpc) is 3.04. The molecule has 1 aromatic rings. The van der Waals surface area contributed by atoms with E-state index in [2.05, 4.69) is 5.32 Å². The van der Waals surface area contributed by atoms with E-state index < -0.39 is 5.97 Å². The van der Waals surface area contributed by atoms with Crippen molar-refractivity contribution in [1.82, 2.24) is 10.2 Å². The fraction of sp³-hybridized carbons (Fsp3) is 0.476. The SMILES string of the molecule is CCOC(=O)/C=C1/SCC(=O)N1CC(=O)NCCc1ccc(OCC)c(OCC)c1. The minimum atomic E-state index is -0.527. The van der Waals surface area contributed by atoms with Crippen molar-refractivity contribution in [2.75, 3.05) is 38.7 Å². The molecule has 8 nitrogen and oxygen atoms in total. The molecule has 1 heterocycles. The second-order valence-electron chi connectivity index (χ2n) is 6.25. The van der Waals surface area contributed by atoms with E-state index in [4.69, 9.17) is 14.2 Å². The van der Waals surface area contributed by atoms with Crippen LogP contribution in [0.5, 0.6) is 11.5 Å².